The number of carbonyl (C=O) groups excluding carboxylic acids is 1. The molecule has 1 amide bonds. The van der Waals surface area contributed by atoms with Crippen LogP contribution in [0.2, 0.25) is 0 Å². The number of halogens is 1. The van der Waals surface area contributed by atoms with Crippen molar-refractivity contribution in [3.05, 3.63) is 20.8 Å². The second-order valence-corrected chi connectivity index (χ2v) is 6.66. The van der Waals surface area contributed by atoms with Crippen LogP contribution in [0.3, 0.4) is 0 Å². The molecule has 5 nitrogen and oxygen atoms in total. The third-order valence-electron chi connectivity index (χ3n) is 3.24. The van der Waals surface area contributed by atoms with Gasteiger partial charge in [-0.15, -0.1) is 11.3 Å². The van der Waals surface area contributed by atoms with Gasteiger partial charge in [-0.05, 0) is 34.8 Å². The van der Waals surface area contributed by atoms with E-state index in [1.54, 1.807) is 11.4 Å². The van der Waals surface area contributed by atoms with Crippen LogP contribution in [0.4, 0.5) is 0 Å². The fourth-order valence-electron chi connectivity index (χ4n) is 2.24. The van der Waals surface area contributed by atoms with E-state index in [0.29, 0.717) is 18.4 Å². The second kappa shape index (κ2) is 5.27. The van der Waals surface area contributed by atoms with Crippen LogP contribution in [0.1, 0.15) is 36.0 Å². The maximum atomic E-state index is 12.1. The van der Waals surface area contributed by atoms with Gasteiger partial charge >= 0.3 is 0 Å². The third kappa shape index (κ3) is 2.51. The molecule has 1 aliphatic carbocycles. The summed E-state index contributed by atoms with van der Waals surface area (Å²) in [6, 6.07) is 1.76. The Labute approximate surface area is 117 Å². The third-order valence-corrected chi connectivity index (χ3v) is 4.74. The number of nitrogens with one attached hydrogen (secondary N) is 1. The highest BCUT2D eigenvalue weighted by Crippen LogP contribution is 2.30. The monoisotopic (exact) mass is 331 g/mol. The number of hydrogen-bond acceptors (Lipinski definition) is 4. The summed E-state index contributed by atoms with van der Waals surface area (Å²) in [5.74, 6) is -0.104. The molecular formula is C11H14BrN3O2S. The first-order valence-corrected chi connectivity index (χ1v) is 7.29. The van der Waals surface area contributed by atoms with Gasteiger partial charge in [0.05, 0.1) is 9.35 Å². The van der Waals surface area contributed by atoms with Crippen molar-refractivity contribution >= 4 is 39.0 Å². The summed E-state index contributed by atoms with van der Waals surface area (Å²) in [5.41, 5.74) is 5.62. The molecule has 1 aromatic rings. The number of hydrogen-bond donors (Lipinski definition) is 3. The molecule has 18 heavy (non-hydrogen) atoms. The Bertz CT molecular complexity index is 480. The molecule has 2 rings (SSSR count). The molecule has 0 aromatic carbocycles. The van der Waals surface area contributed by atoms with E-state index in [1.165, 1.54) is 11.3 Å². The minimum atomic E-state index is -0.694. The van der Waals surface area contributed by atoms with Crippen LogP contribution in [-0.2, 0) is 0 Å². The van der Waals surface area contributed by atoms with Gasteiger partial charge in [0.1, 0.15) is 5.54 Å². The van der Waals surface area contributed by atoms with Crippen molar-refractivity contribution in [3.63, 3.8) is 0 Å². The van der Waals surface area contributed by atoms with Crippen molar-refractivity contribution in [3.8, 4) is 0 Å². The van der Waals surface area contributed by atoms with Gasteiger partial charge in [-0.1, -0.05) is 18.0 Å². The lowest BCUT2D eigenvalue weighted by atomic mass is 9.95. The predicted octanol–water partition coefficient (Wildman–Crippen LogP) is 2.30. The molecule has 98 valence electrons. The lowest BCUT2D eigenvalue weighted by Crippen LogP contribution is -2.55. The highest BCUT2D eigenvalue weighted by Gasteiger charge is 2.40. The van der Waals surface area contributed by atoms with Crippen molar-refractivity contribution < 1.29 is 10.0 Å². The zero-order valence-electron chi connectivity index (χ0n) is 9.65. The van der Waals surface area contributed by atoms with E-state index in [2.05, 4.69) is 26.4 Å². The highest BCUT2D eigenvalue weighted by atomic mass is 79.9. The summed E-state index contributed by atoms with van der Waals surface area (Å²) in [4.78, 5) is 12.1. The van der Waals surface area contributed by atoms with Crippen LogP contribution >= 0.6 is 27.3 Å². The first kappa shape index (κ1) is 13.4. The molecule has 1 aromatic heterocycles. The quantitative estimate of drug-likeness (QED) is 0.343. The molecule has 0 atom stereocenters. The zero-order valence-corrected chi connectivity index (χ0v) is 12.1. The Hall–Kier alpha value is -1.08. The topological polar surface area (TPSA) is 87.7 Å². The zero-order chi connectivity index (χ0) is 13.2. The Morgan fingerprint density at radius 1 is 1.56 bits per heavy atom. The number of amides is 1. The molecule has 0 radical (unpaired) electrons. The number of nitrogens with two attached hydrogens (primary N) is 1. The normalized spacial score (nSPS) is 18.8. The molecule has 0 bridgehead atoms. The van der Waals surface area contributed by atoms with Gasteiger partial charge in [-0.2, -0.15) is 0 Å². The van der Waals surface area contributed by atoms with Gasteiger partial charge in [-0.3, -0.25) is 4.79 Å². The van der Waals surface area contributed by atoms with Crippen LogP contribution in [-0.4, -0.2) is 22.5 Å². The molecule has 0 unspecified atom stereocenters. The lowest BCUT2D eigenvalue weighted by Gasteiger charge is -2.28. The maximum Gasteiger partial charge on any atom is 0.252 e. The Morgan fingerprint density at radius 3 is 2.72 bits per heavy atom. The molecule has 1 aliphatic rings. The molecule has 0 saturated heterocycles. The van der Waals surface area contributed by atoms with Crippen molar-refractivity contribution in [1.29, 1.82) is 0 Å². The highest BCUT2D eigenvalue weighted by molar-refractivity contribution is 9.11. The van der Waals surface area contributed by atoms with Gasteiger partial charge in [0.2, 0.25) is 0 Å². The van der Waals surface area contributed by atoms with Gasteiger partial charge in [0.15, 0.2) is 5.84 Å². The molecular weight excluding hydrogens is 318 g/mol. The van der Waals surface area contributed by atoms with E-state index < -0.39 is 5.54 Å². The number of carbonyl (C=O) groups is 1. The molecule has 1 saturated carbocycles. The largest absolute Gasteiger partial charge is 0.409 e. The van der Waals surface area contributed by atoms with Gasteiger partial charge < -0.3 is 16.3 Å². The molecule has 0 spiro atoms. The van der Waals surface area contributed by atoms with E-state index in [4.69, 9.17) is 10.9 Å². The summed E-state index contributed by atoms with van der Waals surface area (Å²) in [6.07, 6.45) is 3.34. The number of rotatable bonds is 3. The molecule has 7 heteroatoms. The molecule has 0 aliphatic heterocycles. The van der Waals surface area contributed by atoms with Crippen molar-refractivity contribution in [2.45, 2.75) is 31.2 Å². The summed E-state index contributed by atoms with van der Waals surface area (Å²) >= 11 is 4.77. The smallest absolute Gasteiger partial charge is 0.252 e. The van der Waals surface area contributed by atoms with Gasteiger partial charge in [-0.25, -0.2) is 0 Å². The van der Waals surface area contributed by atoms with E-state index in [-0.39, 0.29) is 11.7 Å². The first-order chi connectivity index (χ1) is 8.57. The van der Waals surface area contributed by atoms with Crippen molar-refractivity contribution in [2.24, 2.45) is 10.9 Å². The van der Waals surface area contributed by atoms with Crippen LogP contribution in [0.5, 0.6) is 0 Å². The second-order valence-electron chi connectivity index (χ2n) is 4.37. The minimum Gasteiger partial charge on any atom is -0.409 e. The molecule has 1 fully saturated rings. The number of oxime groups is 1. The Morgan fingerprint density at radius 2 is 2.22 bits per heavy atom. The van der Waals surface area contributed by atoms with E-state index in [9.17, 15) is 4.79 Å². The molecule has 4 N–H and O–H groups in total. The fraction of sp³-hybridized carbons (Fsp3) is 0.455. The lowest BCUT2D eigenvalue weighted by molar-refractivity contribution is 0.0923. The first-order valence-electron chi connectivity index (χ1n) is 5.62. The minimum absolute atomic E-state index is 0.0858. The molecule has 1 heterocycles. The van der Waals surface area contributed by atoms with Crippen LogP contribution in [0.25, 0.3) is 0 Å². The number of nitrogens with zero attached hydrogens (tertiary/aromatic N) is 1. The Balaban J connectivity index is 2.17. The summed E-state index contributed by atoms with van der Waals surface area (Å²) in [6.45, 7) is 0. The number of thiophene rings is 1. The van der Waals surface area contributed by atoms with Crippen LogP contribution in [0.15, 0.2) is 20.4 Å². The average Bonchev–Trinajstić information content (AvgIpc) is 2.98. The van der Waals surface area contributed by atoms with E-state index >= 15 is 0 Å². The predicted molar refractivity (Wildman–Crippen MR) is 74.1 cm³/mol. The maximum absolute atomic E-state index is 12.1. The van der Waals surface area contributed by atoms with Crippen LogP contribution < -0.4 is 11.1 Å². The van der Waals surface area contributed by atoms with E-state index in [0.717, 1.165) is 16.6 Å². The average molecular weight is 332 g/mol. The summed E-state index contributed by atoms with van der Waals surface area (Å²) < 4.78 is 0.900. The summed E-state index contributed by atoms with van der Waals surface area (Å²) in [7, 11) is 0. The Kier molecular flexibility index (Phi) is 3.91. The van der Waals surface area contributed by atoms with E-state index in [1.807, 2.05) is 0 Å². The van der Waals surface area contributed by atoms with Gasteiger partial charge in [0, 0.05) is 5.38 Å². The summed E-state index contributed by atoms with van der Waals surface area (Å²) in [5, 5.41) is 16.6. The van der Waals surface area contributed by atoms with Crippen molar-refractivity contribution in [2.75, 3.05) is 0 Å². The SMILES string of the molecule is NC(=NO)C1(NC(=O)c2csc(Br)c2)CCCC1. The standard InChI is InChI=1S/C11H14BrN3O2S/c12-8-5-7(6-18-8)9(16)14-11(10(13)15-17)3-1-2-4-11/h5-6,17H,1-4H2,(H2,13,15)(H,14,16). The number of amidine groups is 1. The van der Waals surface area contributed by atoms with Crippen LogP contribution in [0, 0.1) is 0 Å². The van der Waals surface area contributed by atoms with Crippen molar-refractivity contribution in [1.82, 2.24) is 5.32 Å². The van der Waals surface area contributed by atoms with Gasteiger partial charge in [0.25, 0.3) is 5.91 Å². The fourth-order valence-corrected chi connectivity index (χ4v) is 3.37.